The molecule has 0 aliphatic heterocycles. The number of aromatic nitrogens is 1. The minimum atomic E-state index is -0.551. The number of ether oxygens (including phenoxy) is 1. The van der Waals surface area contributed by atoms with Gasteiger partial charge in [0, 0.05) is 5.39 Å². The summed E-state index contributed by atoms with van der Waals surface area (Å²) >= 11 is 0. The first-order chi connectivity index (χ1) is 9.30. The summed E-state index contributed by atoms with van der Waals surface area (Å²) in [6.07, 6.45) is 0.608. The van der Waals surface area contributed by atoms with Crippen LogP contribution in [0.25, 0.3) is 10.9 Å². The predicted octanol–water partition coefficient (Wildman–Crippen LogP) is 2.58. The van der Waals surface area contributed by atoms with Gasteiger partial charge in [0.2, 0.25) is 0 Å². The highest BCUT2D eigenvalue weighted by Crippen LogP contribution is 2.20. The second-order valence-electron chi connectivity index (χ2n) is 5.49. The van der Waals surface area contributed by atoms with Crippen LogP contribution in [-0.2, 0) is 4.74 Å². The van der Waals surface area contributed by atoms with E-state index in [9.17, 15) is 9.59 Å². The maximum absolute atomic E-state index is 12.0. The number of benzene rings is 1. The third-order valence-corrected chi connectivity index (χ3v) is 2.62. The number of hydrogen-bond acceptors (Lipinski definition) is 5. The van der Waals surface area contributed by atoms with Crippen LogP contribution in [0.5, 0.6) is 0 Å². The molecular weight excluding hydrogens is 256 g/mol. The van der Waals surface area contributed by atoms with E-state index < -0.39 is 11.6 Å². The maximum atomic E-state index is 12.0. The first-order valence-corrected chi connectivity index (χ1v) is 6.19. The van der Waals surface area contributed by atoms with Crippen LogP contribution < -0.4 is 5.73 Å². The lowest BCUT2D eigenvalue weighted by molar-refractivity contribution is 0.00696. The zero-order valence-electron chi connectivity index (χ0n) is 11.6. The SMILES string of the molecule is CC(C)(C)OC(=O)c1ccc2nc(C=O)c(N)cc2c1. The Morgan fingerprint density at radius 3 is 2.60 bits per heavy atom. The van der Waals surface area contributed by atoms with Crippen LogP contribution >= 0.6 is 0 Å². The highest BCUT2D eigenvalue weighted by Gasteiger charge is 2.18. The highest BCUT2D eigenvalue weighted by molar-refractivity contribution is 5.96. The van der Waals surface area contributed by atoms with Gasteiger partial charge in [-0.3, -0.25) is 4.79 Å². The summed E-state index contributed by atoms with van der Waals surface area (Å²) in [7, 11) is 0. The molecule has 1 aromatic carbocycles. The fourth-order valence-corrected chi connectivity index (χ4v) is 1.77. The van der Waals surface area contributed by atoms with Crippen molar-refractivity contribution >= 4 is 28.8 Å². The van der Waals surface area contributed by atoms with Crippen molar-refractivity contribution < 1.29 is 14.3 Å². The summed E-state index contributed by atoms with van der Waals surface area (Å²) in [6.45, 7) is 5.42. The summed E-state index contributed by atoms with van der Waals surface area (Å²) in [4.78, 5) is 26.9. The lowest BCUT2D eigenvalue weighted by Gasteiger charge is -2.19. The molecule has 0 bridgehead atoms. The minimum Gasteiger partial charge on any atom is -0.456 e. The van der Waals surface area contributed by atoms with E-state index in [4.69, 9.17) is 10.5 Å². The Labute approximate surface area is 116 Å². The zero-order chi connectivity index (χ0) is 14.9. The molecule has 0 atom stereocenters. The second kappa shape index (κ2) is 4.92. The van der Waals surface area contributed by atoms with Crippen LogP contribution in [0.1, 0.15) is 41.6 Å². The normalized spacial score (nSPS) is 11.3. The molecule has 2 aromatic rings. The van der Waals surface area contributed by atoms with E-state index in [0.29, 0.717) is 22.8 Å². The van der Waals surface area contributed by atoms with E-state index in [0.717, 1.165) is 0 Å². The van der Waals surface area contributed by atoms with Crippen LogP contribution in [0.4, 0.5) is 5.69 Å². The topological polar surface area (TPSA) is 82.3 Å². The van der Waals surface area contributed by atoms with Gasteiger partial charge in [-0.15, -0.1) is 0 Å². The van der Waals surface area contributed by atoms with Gasteiger partial charge >= 0.3 is 5.97 Å². The fraction of sp³-hybridized carbons (Fsp3) is 0.267. The number of fused-ring (bicyclic) bond motifs is 1. The molecule has 5 heteroatoms. The third-order valence-electron chi connectivity index (χ3n) is 2.62. The third kappa shape index (κ3) is 2.93. The first kappa shape index (κ1) is 14.0. The molecule has 20 heavy (non-hydrogen) atoms. The molecular formula is C15H16N2O3. The largest absolute Gasteiger partial charge is 0.456 e. The van der Waals surface area contributed by atoms with Crippen molar-refractivity contribution in [1.82, 2.24) is 4.98 Å². The quantitative estimate of drug-likeness (QED) is 0.671. The summed E-state index contributed by atoms with van der Waals surface area (Å²) < 4.78 is 5.30. The van der Waals surface area contributed by atoms with E-state index in [1.807, 2.05) is 20.8 Å². The van der Waals surface area contributed by atoms with Gasteiger partial charge in [0.15, 0.2) is 6.29 Å². The molecule has 1 aromatic heterocycles. The van der Waals surface area contributed by atoms with E-state index >= 15 is 0 Å². The van der Waals surface area contributed by atoms with Gasteiger partial charge in [0.1, 0.15) is 11.3 Å². The van der Waals surface area contributed by atoms with Gasteiger partial charge in [0.05, 0.1) is 16.8 Å². The lowest BCUT2D eigenvalue weighted by atomic mass is 10.1. The van der Waals surface area contributed by atoms with E-state index in [2.05, 4.69) is 4.98 Å². The van der Waals surface area contributed by atoms with Crippen molar-refractivity contribution in [3.05, 3.63) is 35.5 Å². The molecule has 1 heterocycles. The number of pyridine rings is 1. The smallest absolute Gasteiger partial charge is 0.338 e. The van der Waals surface area contributed by atoms with Crippen LogP contribution in [0.3, 0.4) is 0 Å². The van der Waals surface area contributed by atoms with Crippen molar-refractivity contribution in [1.29, 1.82) is 0 Å². The molecule has 0 amide bonds. The Kier molecular flexibility index (Phi) is 3.44. The van der Waals surface area contributed by atoms with Crippen LogP contribution in [0, 0.1) is 0 Å². The standard InChI is InChI=1S/C15H16N2O3/c1-15(2,3)20-14(19)9-4-5-12-10(6-9)7-11(16)13(8-18)17-12/h4-8H,16H2,1-3H3. The molecule has 0 saturated carbocycles. The Balaban J connectivity index is 2.44. The monoisotopic (exact) mass is 272 g/mol. The fourth-order valence-electron chi connectivity index (χ4n) is 1.77. The summed E-state index contributed by atoms with van der Waals surface area (Å²) in [5.41, 5.74) is 6.68. The molecule has 2 rings (SSSR count). The molecule has 0 aliphatic carbocycles. The Morgan fingerprint density at radius 2 is 2.00 bits per heavy atom. The highest BCUT2D eigenvalue weighted by atomic mass is 16.6. The number of nitrogens with zero attached hydrogens (tertiary/aromatic N) is 1. The van der Waals surface area contributed by atoms with Crippen molar-refractivity contribution in [2.45, 2.75) is 26.4 Å². The van der Waals surface area contributed by atoms with E-state index in [-0.39, 0.29) is 11.4 Å². The van der Waals surface area contributed by atoms with Crippen molar-refractivity contribution in [3.8, 4) is 0 Å². The molecule has 0 spiro atoms. The molecule has 0 unspecified atom stereocenters. The molecule has 2 N–H and O–H groups in total. The van der Waals surface area contributed by atoms with Crippen molar-refractivity contribution in [2.24, 2.45) is 0 Å². The van der Waals surface area contributed by atoms with Crippen molar-refractivity contribution in [2.75, 3.05) is 5.73 Å². The molecule has 0 saturated heterocycles. The first-order valence-electron chi connectivity index (χ1n) is 6.19. The number of rotatable bonds is 2. The van der Waals surface area contributed by atoms with Crippen molar-refractivity contribution in [3.63, 3.8) is 0 Å². The van der Waals surface area contributed by atoms with Gasteiger partial charge in [0.25, 0.3) is 0 Å². The zero-order valence-corrected chi connectivity index (χ0v) is 11.6. The molecule has 5 nitrogen and oxygen atoms in total. The summed E-state index contributed by atoms with van der Waals surface area (Å²) in [5, 5.41) is 0.691. The van der Waals surface area contributed by atoms with Crippen LogP contribution in [-0.4, -0.2) is 22.8 Å². The van der Waals surface area contributed by atoms with E-state index in [1.54, 1.807) is 24.3 Å². The molecule has 104 valence electrons. The second-order valence-corrected chi connectivity index (χ2v) is 5.49. The lowest BCUT2D eigenvalue weighted by Crippen LogP contribution is -2.23. The van der Waals surface area contributed by atoms with Gasteiger partial charge in [-0.1, -0.05) is 0 Å². The number of esters is 1. The molecule has 0 fully saturated rings. The Bertz CT molecular complexity index is 687. The number of nitrogens with two attached hydrogens (primary N) is 1. The average Bonchev–Trinajstić information content (AvgIpc) is 2.35. The van der Waals surface area contributed by atoms with Gasteiger partial charge in [-0.05, 0) is 45.0 Å². The van der Waals surface area contributed by atoms with Crippen LogP contribution in [0.2, 0.25) is 0 Å². The van der Waals surface area contributed by atoms with Gasteiger partial charge in [-0.2, -0.15) is 0 Å². The number of aldehydes is 1. The Hall–Kier alpha value is -2.43. The molecule has 0 radical (unpaired) electrons. The van der Waals surface area contributed by atoms with Gasteiger partial charge < -0.3 is 10.5 Å². The Morgan fingerprint density at radius 1 is 1.30 bits per heavy atom. The van der Waals surface area contributed by atoms with Gasteiger partial charge in [-0.25, -0.2) is 9.78 Å². The number of carbonyl (C=O) groups excluding carboxylic acids is 2. The molecule has 0 aliphatic rings. The minimum absolute atomic E-state index is 0.197. The predicted molar refractivity (Wildman–Crippen MR) is 76.7 cm³/mol. The number of nitrogen functional groups attached to an aromatic ring is 1. The van der Waals surface area contributed by atoms with E-state index in [1.165, 1.54) is 0 Å². The number of carbonyl (C=O) groups is 2. The maximum Gasteiger partial charge on any atom is 0.338 e. The average molecular weight is 272 g/mol. The van der Waals surface area contributed by atoms with Crippen LogP contribution in [0.15, 0.2) is 24.3 Å². The number of anilines is 1. The summed E-state index contributed by atoms with van der Waals surface area (Å²) in [6, 6.07) is 6.57. The summed E-state index contributed by atoms with van der Waals surface area (Å²) in [5.74, 6) is -0.405. The number of hydrogen-bond donors (Lipinski definition) is 1.